The molecule has 2 heteroatoms. The summed E-state index contributed by atoms with van der Waals surface area (Å²) in [7, 11) is 0. The first-order chi connectivity index (χ1) is 11.8. The Labute approximate surface area is 156 Å². The lowest BCUT2D eigenvalue weighted by Gasteiger charge is -2.30. The number of aryl methyl sites for hydroxylation is 1. The SMILES string of the molecule is CCC(C)(CCCCCCCCC(N)C(C)C)c1cc(C)ccc1N. The molecule has 0 saturated heterocycles. The number of nitrogen functional groups attached to an aromatic ring is 1. The standard InChI is InChI=1S/C23H42N2/c1-6-23(5,20-17-19(4)14-15-22(20)25)16-12-10-8-7-9-11-13-21(24)18(2)3/h14-15,17-18,21H,6-13,16,24-25H2,1-5H3. The highest BCUT2D eigenvalue weighted by molar-refractivity contribution is 5.52. The minimum absolute atomic E-state index is 0.208. The fourth-order valence-corrected chi connectivity index (χ4v) is 3.63. The molecule has 4 N–H and O–H groups in total. The first kappa shape index (κ1) is 22.0. The van der Waals surface area contributed by atoms with Crippen LogP contribution in [-0.4, -0.2) is 6.04 Å². The van der Waals surface area contributed by atoms with E-state index in [2.05, 4.69) is 52.8 Å². The summed E-state index contributed by atoms with van der Waals surface area (Å²) in [4.78, 5) is 0. The van der Waals surface area contributed by atoms with Crippen LogP contribution in [0.15, 0.2) is 18.2 Å². The van der Waals surface area contributed by atoms with Gasteiger partial charge in [-0.2, -0.15) is 0 Å². The summed E-state index contributed by atoms with van der Waals surface area (Å²) in [6, 6.07) is 6.85. The molecule has 25 heavy (non-hydrogen) atoms. The molecule has 2 unspecified atom stereocenters. The van der Waals surface area contributed by atoms with Gasteiger partial charge in [-0.1, -0.05) is 83.9 Å². The van der Waals surface area contributed by atoms with Crippen LogP contribution in [0.4, 0.5) is 5.69 Å². The average molecular weight is 347 g/mol. The van der Waals surface area contributed by atoms with Crippen molar-refractivity contribution in [3.05, 3.63) is 29.3 Å². The Balaban J connectivity index is 2.30. The van der Waals surface area contributed by atoms with Crippen molar-refractivity contribution in [3.63, 3.8) is 0 Å². The minimum Gasteiger partial charge on any atom is -0.398 e. The lowest BCUT2D eigenvalue weighted by Crippen LogP contribution is -2.25. The van der Waals surface area contributed by atoms with E-state index in [0.29, 0.717) is 12.0 Å². The zero-order valence-corrected chi connectivity index (χ0v) is 17.4. The highest BCUT2D eigenvalue weighted by Crippen LogP contribution is 2.37. The molecule has 0 spiro atoms. The van der Waals surface area contributed by atoms with Gasteiger partial charge < -0.3 is 11.5 Å². The van der Waals surface area contributed by atoms with Gasteiger partial charge in [0.15, 0.2) is 0 Å². The first-order valence-corrected chi connectivity index (χ1v) is 10.4. The molecule has 1 aromatic carbocycles. The normalized spacial score (nSPS) is 15.3. The van der Waals surface area contributed by atoms with Crippen LogP contribution in [-0.2, 0) is 5.41 Å². The number of rotatable bonds is 12. The number of benzene rings is 1. The van der Waals surface area contributed by atoms with Gasteiger partial charge >= 0.3 is 0 Å². The summed E-state index contributed by atoms with van der Waals surface area (Å²) in [5.74, 6) is 0.612. The highest BCUT2D eigenvalue weighted by atomic mass is 14.6. The Morgan fingerprint density at radius 1 is 1.00 bits per heavy atom. The van der Waals surface area contributed by atoms with Crippen LogP contribution in [0.25, 0.3) is 0 Å². The van der Waals surface area contributed by atoms with Gasteiger partial charge in [0.05, 0.1) is 0 Å². The molecule has 0 amide bonds. The third-order valence-corrected chi connectivity index (χ3v) is 6.01. The number of hydrogen-bond donors (Lipinski definition) is 2. The van der Waals surface area contributed by atoms with Crippen LogP contribution in [0, 0.1) is 12.8 Å². The Kier molecular flexibility index (Phi) is 9.56. The van der Waals surface area contributed by atoms with E-state index in [1.54, 1.807) is 0 Å². The predicted molar refractivity (Wildman–Crippen MR) is 113 cm³/mol. The van der Waals surface area contributed by atoms with Gasteiger partial charge in [-0.25, -0.2) is 0 Å². The van der Waals surface area contributed by atoms with Crippen molar-refractivity contribution in [2.75, 3.05) is 5.73 Å². The topological polar surface area (TPSA) is 52.0 Å². The number of nitrogens with two attached hydrogens (primary N) is 2. The maximum Gasteiger partial charge on any atom is 0.0352 e. The summed E-state index contributed by atoms with van der Waals surface area (Å²) in [6.45, 7) is 11.3. The van der Waals surface area contributed by atoms with Crippen molar-refractivity contribution in [3.8, 4) is 0 Å². The molecule has 1 rings (SSSR count). The molecule has 0 heterocycles. The molecule has 0 fully saturated rings. The third-order valence-electron chi connectivity index (χ3n) is 6.01. The van der Waals surface area contributed by atoms with Crippen molar-refractivity contribution < 1.29 is 0 Å². The number of hydrogen-bond acceptors (Lipinski definition) is 2. The monoisotopic (exact) mass is 346 g/mol. The van der Waals surface area contributed by atoms with Crippen LogP contribution >= 0.6 is 0 Å². The van der Waals surface area contributed by atoms with Gasteiger partial charge in [-0.3, -0.25) is 0 Å². The summed E-state index contributed by atoms with van der Waals surface area (Å²) < 4.78 is 0. The highest BCUT2D eigenvalue weighted by Gasteiger charge is 2.26. The van der Waals surface area contributed by atoms with E-state index in [-0.39, 0.29) is 5.41 Å². The van der Waals surface area contributed by atoms with E-state index < -0.39 is 0 Å². The van der Waals surface area contributed by atoms with Crippen LogP contribution in [0.2, 0.25) is 0 Å². The van der Waals surface area contributed by atoms with Crippen LogP contribution in [0.1, 0.15) is 96.6 Å². The van der Waals surface area contributed by atoms with Crippen molar-refractivity contribution >= 4 is 5.69 Å². The second kappa shape index (κ2) is 10.9. The summed E-state index contributed by atoms with van der Waals surface area (Å²) in [5, 5.41) is 0. The van der Waals surface area contributed by atoms with Crippen molar-refractivity contribution in [2.45, 2.75) is 104 Å². The molecule has 0 aliphatic rings. The van der Waals surface area contributed by atoms with Gasteiger partial charge in [-0.05, 0) is 49.1 Å². The van der Waals surface area contributed by atoms with Gasteiger partial charge in [-0.15, -0.1) is 0 Å². The third kappa shape index (κ3) is 7.40. The molecular weight excluding hydrogens is 304 g/mol. The first-order valence-electron chi connectivity index (χ1n) is 10.4. The molecule has 0 saturated carbocycles. The molecule has 2 atom stereocenters. The van der Waals surface area contributed by atoms with E-state index in [9.17, 15) is 0 Å². The lowest BCUT2D eigenvalue weighted by molar-refractivity contribution is 0.393. The van der Waals surface area contributed by atoms with E-state index in [4.69, 9.17) is 11.5 Å². The van der Waals surface area contributed by atoms with Gasteiger partial charge in [0, 0.05) is 11.7 Å². The average Bonchev–Trinajstić information content (AvgIpc) is 2.58. The van der Waals surface area contributed by atoms with Crippen molar-refractivity contribution in [1.82, 2.24) is 0 Å². The van der Waals surface area contributed by atoms with Crippen molar-refractivity contribution in [1.29, 1.82) is 0 Å². The molecule has 0 aromatic heterocycles. The molecule has 144 valence electrons. The van der Waals surface area contributed by atoms with Crippen molar-refractivity contribution in [2.24, 2.45) is 11.7 Å². The second-order valence-electron chi connectivity index (χ2n) is 8.57. The van der Waals surface area contributed by atoms with E-state index in [1.807, 2.05) is 0 Å². The quantitative estimate of drug-likeness (QED) is 0.342. The van der Waals surface area contributed by atoms with E-state index >= 15 is 0 Å². The molecule has 1 aromatic rings. The maximum atomic E-state index is 6.27. The molecule has 0 aliphatic carbocycles. The van der Waals surface area contributed by atoms with Crippen LogP contribution in [0.3, 0.4) is 0 Å². The predicted octanol–water partition coefficient (Wildman–Crippen LogP) is 6.35. The number of anilines is 1. The fourth-order valence-electron chi connectivity index (χ4n) is 3.63. The smallest absolute Gasteiger partial charge is 0.0352 e. The Morgan fingerprint density at radius 2 is 1.60 bits per heavy atom. The molecule has 0 bridgehead atoms. The largest absolute Gasteiger partial charge is 0.398 e. The van der Waals surface area contributed by atoms with Gasteiger partial charge in [0.25, 0.3) is 0 Å². The summed E-state index contributed by atoms with van der Waals surface area (Å²) >= 11 is 0. The fraction of sp³-hybridized carbons (Fsp3) is 0.739. The van der Waals surface area contributed by atoms with E-state index in [0.717, 1.165) is 12.1 Å². The Morgan fingerprint density at radius 3 is 2.20 bits per heavy atom. The zero-order valence-electron chi connectivity index (χ0n) is 17.4. The Bertz CT molecular complexity index is 495. The molecule has 0 aliphatic heterocycles. The van der Waals surface area contributed by atoms with Crippen LogP contribution in [0.5, 0.6) is 0 Å². The van der Waals surface area contributed by atoms with E-state index in [1.165, 1.54) is 62.5 Å². The second-order valence-corrected chi connectivity index (χ2v) is 8.57. The van der Waals surface area contributed by atoms with Gasteiger partial charge in [0.1, 0.15) is 0 Å². The molecule has 0 radical (unpaired) electrons. The zero-order chi connectivity index (χ0) is 18.9. The maximum absolute atomic E-state index is 6.27. The van der Waals surface area contributed by atoms with Gasteiger partial charge in [0.2, 0.25) is 0 Å². The Hall–Kier alpha value is -1.02. The summed E-state index contributed by atoms with van der Waals surface area (Å²) in [5.41, 5.74) is 16.2. The van der Waals surface area contributed by atoms with Crippen LogP contribution < -0.4 is 11.5 Å². The molecule has 2 nitrogen and oxygen atoms in total. The minimum atomic E-state index is 0.208. The lowest BCUT2D eigenvalue weighted by atomic mass is 9.75. The molecular formula is C23H42N2. The number of unbranched alkanes of at least 4 members (excludes halogenated alkanes) is 5. The summed E-state index contributed by atoms with van der Waals surface area (Å²) in [6.07, 6.45) is 11.5.